The number of carbonyl (C=O) groups excluding carboxylic acids is 1. The Kier molecular flexibility index (Phi) is 4.63. The van der Waals surface area contributed by atoms with Crippen molar-refractivity contribution >= 4 is 27.9 Å². The van der Waals surface area contributed by atoms with Crippen LogP contribution in [-0.4, -0.2) is 5.97 Å². The van der Waals surface area contributed by atoms with E-state index in [1.807, 2.05) is 6.07 Å². The van der Waals surface area contributed by atoms with Crippen LogP contribution in [0.25, 0.3) is 33.1 Å². The molecule has 2 aromatic heterocycles. The summed E-state index contributed by atoms with van der Waals surface area (Å²) in [6.07, 6.45) is 0. The molecule has 5 rings (SSSR count). The second-order valence-electron chi connectivity index (χ2n) is 7.02. The molecule has 0 radical (unpaired) electrons. The minimum Gasteiger partial charge on any atom is -0.423 e. The van der Waals surface area contributed by atoms with Crippen LogP contribution in [0.15, 0.2) is 97.3 Å². The molecule has 0 N–H and O–H groups in total. The molecule has 0 amide bonds. The molecule has 0 unspecified atom stereocenters. The summed E-state index contributed by atoms with van der Waals surface area (Å²) in [5, 5.41) is 1.17. The Morgan fingerprint density at radius 2 is 1.56 bits per heavy atom. The van der Waals surface area contributed by atoms with E-state index in [0.29, 0.717) is 21.9 Å². The molecule has 0 aliphatic rings. The van der Waals surface area contributed by atoms with Crippen molar-refractivity contribution in [3.05, 3.63) is 111 Å². The van der Waals surface area contributed by atoms with Gasteiger partial charge in [-0.25, -0.2) is 18.8 Å². The van der Waals surface area contributed by atoms with Gasteiger partial charge in [0.1, 0.15) is 22.7 Å². The van der Waals surface area contributed by atoms with Gasteiger partial charge in [0.15, 0.2) is 0 Å². The first kappa shape index (κ1) is 19.4. The second-order valence-corrected chi connectivity index (χ2v) is 7.02. The van der Waals surface area contributed by atoms with E-state index in [0.717, 1.165) is 12.1 Å². The molecule has 0 atom stereocenters. The van der Waals surface area contributed by atoms with E-state index < -0.39 is 23.0 Å². The van der Waals surface area contributed by atoms with E-state index >= 15 is 0 Å². The third kappa shape index (κ3) is 3.56. The number of ether oxygens (including phenoxy) is 1. The lowest BCUT2D eigenvalue weighted by atomic mass is 10.0. The average Bonchev–Trinajstić information content (AvgIpc) is 2.78. The fourth-order valence-corrected chi connectivity index (χ4v) is 3.43. The number of para-hydroxylation sites is 1. The number of carbonyl (C=O) groups is 1. The maximum Gasteiger partial charge on any atom is 0.344 e. The zero-order chi connectivity index (χ0) is 22.2. The molecule has 5 aromatic rings. The van der Waals surface area contributed by atoms with Gasteiger partial charge in [-0.2, -0.15) is 0 Å². The molecule has 0 saturated heterocycles. The van der Waals surface area contributed by atoms with Crippen molar-refractivity contribution in [2.24, 2.45) is 0 Å². The van der Waals surface area contributed by atoms with Crippen molar-refractivity contribution in [3.8, 4) is 16.9 Å². The van der Waals surface area contributed by atoms with E-state index in [1.165, 1.54) is 30.3 Å². The highest BCUT2D eigenvalue weighted by atomic mass is 19.1. The van der Waals surface area contributed by atoms with Gasteiger partial charge >= 0.3 is 17.2 Å². The number of fused-ring (bicyclic) bond motifs is 2. The van der Waals surface area contributed by atoms with Crippen LogP contribution in [0.3, 0.4) is 0 Å². The summed E-state index contributed by atoms with van der Waals surface area (Å²) in [6.45, 7) is 0. The molecule has 6 nitrogen and oxygen atoms in total. The standard InChI is InChI=1S/C25H13FO6/c26-16-7-5-14(6-8-16)24(28)30-17-9-10-18-19(13-23(27)31-22(18)12-17)20-11-15-3-1-2-4-21(15)32-25(20)29/h1-13H. The molecule has 2 heterocycles. The molecule has 0 aliphatic heterocycles. The highest BCUT2D eigenvalue weighted by Crippen LogP contribution is 2.30. The zero-order valence-corrected chi connectivity index (χ0v) is 16.3. The summed E-state index contributed by atoms with van der Waals surface area (Å²) in [5.74, 6) is -1.05. The van der Waals surface area contributed by atoms with Crippen LogP contribution in [-0.2, 0) is 0 Å². The molecule has 3 aromatic carbocycles. The van der Waals surface area contributed by atoms with Gasteiger partial charge in [-0.3, -0.25) is 0 Å². The first-order valence-electron chi connectivity index (χ1n) is 9.57. The van der Waals surface area contributed by atoms with Gasteiger partial charge < -0.3 is 13.6 Å². The summed E-state index contributed by atoms with van der Waals surface area (Å²) in [6, 6.07) is 19.3. The summed E-state index contributed by atoms with van der Waals surface area (Å²) in [4.78, 5) is 37.1. The fourth-order valence-electron chi connectivity index (χ4n) is 3.43. The van der Waals surface area contributed by atoms with Crippen molar-refractivity contribution in [2.45, 2.75) is 0 Å². The minimum atomic E-state index is -0.696. The van der Waals surface area contributed by atoms with Crippen molar-refractivity contribution < 1.29 is 22.8 Å². The minimum absolute atomic E-state index is 0.123. The van der Waals surface area contributed by atoms with Crippen LogP contribution in [0.2, 0.25) is 0 Å². The summed E-state index contributed by atoms with van der Waals surface area (Å²) in [5.41, 5.74) is -0.00208. The normalized spacial score (nSPS) is 11.0. The number of halogens is 1. The SMILES string of the molecule is O=C(Oc1ccc2c(-c3cc4ccccc4oc3=O)cc(=O)oc2c1)c1ccc(F)cc1. The van der Waals surface area contributed by atoms with Crippen LogP contribution in [0, 0.1) is 5.82 Å². The zero-order valence-electron chi connectivity index (χ0n) is 16.3. The lowest BCUT2D eigenvalue weighted by Gasteiger charge is -2.08. The smallest absolute Gasteiger partial charge is 0.344 e. The largest absolute Gasteiger partial charge is 0.423 e. The van der Waals surface area contributed by atoms with Gasteiger partial charge in [0.2, 0.25) is 0 Å². The molecule has 0 saturated carbocycles. The lowest BCUT2D eigenvalue weighted by Crippen LogP contribution is -2.09. The molecule has 0 fully saturated rings. The molecule has 32 heavy (non-hydrogen) atoms. The predicted molar refractivity (Wildman–Crippen MR) is 115 cm³/mol. The maximum atomic E-state index is 13.1. The monoisotopic (exact) mass is 428 g/mol. The summed E-state index contributed by atoms with van der Waals surface area (Å²) < 4.78 is 29.0. The van der Waals surface area contributed by atoms with Crippen molar-refractivity contribution in [3.63, 3.8) is 0 Å². The van der Waals surface area contributed by atoms with Gasteiger partial charge in [-0.05, 0) is 48.5 Å². The highest BCUT2D eigenvalue weighted by molar-refractivity contribution is 5.96. The molecule has 0 spiro atoms. The maximum absolute atomic E-state index is 13.1. The first-order chi connectivity index (χ1) is 15.5. The molecule has 0 aliphatic carbocycles. The summed E-state index contributed by atoms with van der Waals surface area (Å²) in [7, 11) is 0. The highest BCUT2D eigenvalue weighted by Gasteiger charge is 2.15. The Morgan fingerprint density at radius 3 is 2.38 bits per heavy atom. The van der Waals surface area contributed by atoms with Gasteiger partial charge in [0.05, 0.1) is 11.1 Å². The Morgan fingerprint density at radius 1 is 0.781 bits per heavy atom. The second kappa shape index (κ2) is 7.63. The van der Waals surface area contributed by atoms with E-state index in [4.69, 9.17) is 13.6 Å². The first-order valence-corrected chi connectivity index (χ1v) is 9.57. The quantitative estimate of drug-likeness (QED) is 0.230. The summed E-state index contributed by atoms with van der Waals surface area (Å²) >= 11 is 0. The number of rotatable bonds is 3. The Labute approximate surface area is 179 Å². The van der Waals surface area contributed by atoms with E-state index in [9.17, 15) is 18.8 Å². The van der Waals surface area contributed by atoms with E-state index in [-0.39, 0.29) is 22.5 Å². The Bertz CT molecular complexity index is 1610. The number of hydrogen-bond acceptors (Lipinski definition) is 6. The van der Waals surface area contributed by atoms with Crippen LogP contribution in [0.1, 0.15) is 10.4 Å². The Balaban J connectivity index is 1.58. The van der Waals surface area contributed by atoms with Crippen LogP contribution < -0.4 is 16.0 Å². The van der Waals surface area contributed by atoms with Gasteiger partial charge in [0, 0.05) is 28.5 Å². The lowest BCUT2D eigenvalue weighted by molar-refractivity contribution is 0.0735. The van der Waals surface area contributed by atoms with Gasteiger partial charge in [0.25, 0.3) is 0 Å². The number of esters is 1. The molecule has 0 bridgehead atoms. The van der Waals surface area contributed by atoms with Crippen molar-refractivity contribution in [1.82, 2.24) is 0 Å². The molecular weight excluding hydrogens is 415 g/mol. The van der Waals surface area contributed by atoms with Crippen LogP contribution >= 0.6 is 0 Å². The third-order valence-corrected chi connectivity index (χ3v) is 4.94. The molecule has 156 valence electrons. The van der Waals surface area contributed by atoms with E-state index in [2.05, 4.69) is 0 Å². The molecule has 7 heteroatoms. The van der Waals surface area contributed by atoms with Crippen molar-refractivity contribution in [2.75, 3.05) is 0 Å². The van der Waals surface area contributed by atoms with Gasteiger partial charge in [-0.15, -0.1) is 0 Å². The van der Waals surface area contributed by atoms with Crippen LogP contribution in [0.5, 0.6) is 5.75 Å². The number of benzene rings is 3. The number of hydrogen-bond donors (Lipinski definition) is 0. The van der Waals surface area contributed by atoms with E-state index in [1.54, 1.807) is 30.3 Å². The third-order valence-electron chi connectivity index (χ3n) is 4.94. The predicted octanol–water partition coefficient (Wildman–Crippen LogP) is 4.92. The Hall–Kier alpha value is -4.52. The van der Waals surface area contributed by atoms with Crippen molar-refractivity contribution in [1.29, 1.82) is 0 Å². The fraction of sp³-hybridized carbons (Fsp3) is 0. The van der Waals surface area contributed by atoms with Gasteiger partial charge in [-0.1, -0.05) is 18.2 Å². The topological polar surface area (TPSA) is 86.7 Å². The molecular formula is C25H13FO6. The average molecular weight is 428 g/mol. The van der Waals surface area contributed by atoms with Crippen LogP contribution in [0.4, 0.5) is 4.39 Å².